The van der Waals surface area contributed by atoms with Crippen molar-refractivity contribution in [1.82, 2.24) is 0 Å². The molecule has 0 amide bonds. The Morgan fingerprint density at radius 3 is 0.906 bits per heavy atom. The number of benzene rings is 2. The fraction of sp³-hybridized carbons (Fsp3) is 0.720. The van der Waals surface area contributed by atoms with Crippen LogP contribution in [0.4, 0.5) is 11.4 Å². The van der Waals surface area contributed by atoms with Crippen LogP contribution < -0.4 is 0 Å². The smallest absolute Gasteiger partial charge is 0.0636 e. The molecule has 0 fully saturated rings. The van der Waals surface area contributed by atoms with Crippen molar-refractivity contribution in [2.24, 2.45) is 9.98 Å². The second-order valence-electron chi connectivity index (χ2n) is 15.7. The van der Waals surface area contributed by atoms with E-state index in [-0.39, 0.29) is 16.5 Å². The van der Waals surface area contributed by atoms with Crippen LogP contribution in [0.25, 0.3) is 0 Å². The molecule has 304 valence electrons. The molecule has 0 bridgehead atoms. The van der Waals surface area contributed by atoms with Crippen molar-refractivity contribution in [3.05, 3.63) is 58.7 Å². The van der Waals surface area contributed by atoms with Gasteiger partial charge in [0.05, 0.1) is 22.8 Å². The summed E-state index contributed by atoms with van der Waals surface area (Å²) in [7, 11) is 0. The van der Waals surface area contributed by atoms with E-state index >= 15 is 0 Å². The third-order valence-corrected chi connectivity index (χ3v) is 11.3. The Morgan fingerprint density at radius 2 is 0.604 bits per heavy atom. The normalized spacial score (nSPS) is 12.0. The van der Waals surface area contributed by atoms with Crippen molar-refractivity contribution < 1.29 is 16.5 Å². The van der Waals surface area contributed by atoms with Gasteiger partial charge >= 0.3 is 0 Å². The molecule has 0 aromatic heterocycles. The molecule has 2 nitrogen and oxygen atoms in total. The molecule has 0 atom stereocenters. The Hall–Kier alpha value is -1.73. The van der Waals surface area contributed by atoms with Gasteiger partial charge in [0.25, 0.3) is 0 Å². The summed E-state index contributed by atoms with van der Waals surface area (Å²) in [6, 6.07) is 13.8. The molecule has 0 N–H and O–H groups in total. The standard InChI is InChI=1S/C50H84N2.Ni/c1-7-13-15-16-17-18-19-20-21-22-23-24-25-26-27-28-29-30-31-32-34-36-50(52-48-40-38-44(10-4)46(12-6)42-48)49(35-33-14-8-2)51-47-39-37-43(9-3)45(11-5)41-47;/h37-42H,7-36H2,1-6H3;/b51-49+,52-50+;. The number of hydrogen-bond acceptors (Lipinski definition) is 2. The van der Waals surface area contributed by atoms with E-state index in [0.717, 1.165) is 49.9 Å². The minimum absolute atomic E-state index is 0. The van der Waals surface area contributed by atoms with Crippen molar-refractivity contribution >= 4 is 22.8 Å². The number of unbranched alkanes of at least 4 members (excludes halogenated alkanes) is 22. The third kappa shape index (κ3) is 22.4. The molecule has 2 aromatic rings. The summed E-state index contributed by atoms with van der Waals surface area (Å²) in [6.45, 7) is 13.7. The van der Waals surface area contributed by atoms with Crippen LogP contribution in [0.1, 0.15) is 231 Å². The summed E-state index contributed by atoms with van der Waals surface area (Å²) in [4.78, 5) is 10.8. The zero-order valence-corrected chi connectivity index (χ0v) is 36.9. The average Bonchev–Trinajstić information content (AvgIpc) is 3.17. The minimum Gasteiger partial charge on any atom is -0.252 e. The second kappa shape index (κ2) is 33.6. The molecule has 0 saturated carbocycles. The van der Waals surface area contributed by atoms with Gasteiger partial charge in [-0.3, -0.25) is 9.98 Å². The Kier molecular flexibility index (Phi) is 31.2. The summed E-state index contributed by atoms with van der Waals surface area (Å²) in [6.07, 6.45) is 39.7. The topological polar surface area (TPSA) is 24.7 Å². The Morgan fingerprint density at radius 1 is 0.340 bits per heavy atom. The van der Waals surface area contributed by atoms with Crippen molar-refractivity contribution in [3.8, 4) is 0 Å². The van der Waals surface area contributed by atoms with Crippen molar-refractivity contribution in [3.63, 3.8) is 0 Å². The SMILES string of the molecule is CCCCCCCCCCCCCCCCCCCCCCCC(=N\c1ccc(CC)c(CC)c1)/C(CCCCC)=N/c1ccc(CC)c(CC)c1.[Ni]. The number of aryl methyl sites for hydroxylation is 4. The second-order valence-corrected chi connectivity index (χ2v) is 15.7. The first-order valence-corrected chi connectivity index (χ1v) is 23.0. The summed E-state index contributed by atoms with van der Waals surface area (Å²) in [5.41, 5.74) is 10.4. The zero-order valence-electron chi connectivity index (χ0n) is 35.9. The van der Waals surface area contributed by atoms with E-state index in [1.165, 1.54) is 188 Å². The molecule has 0 aliphatic rings. The van der Waals surface area contributed by atoms with Gasteiger partial charge in [0.1, 0.15) is 0 Å². The average molecular weight is 772 g/mol. The minimum atomic E-state index is 0. The number of nitrogens with zero attached hydrogens (tertiary/aromatic N) is 2. The van der Waals surface area contributed by atoms with Crippen LogP contribution in [-0.2, 0) is 42.2 Å². The van der Waals surface area contributed by atoms with Gasteiger partial charge in [-0.2, -0.15) is 0 Å². The number of aliphatic imine (C=N–C) groups is 2. The zero-order chi connectivity index (χ0) is 37.5. The van der Waals surface area contributed by atoms with Gasteiger partial charge in [-0.15, -0.1) is 0 Å². The van der Waals surface area contributed by atoms with Gasteiger partial charge in [-0.25, -0.2) is 0 Å². The van der Waals surface area contributed by atoms with Crippen LogP contribution in [0.2, 0.25) is 0 Å². The maximum Gasteiger partial charge on any atom is 0.0636 e. The summed E-state index contributed by atoms with van der Waals surface area (Å²) in [5, 5.41) is 0. The van der Waals surface area contributed by atoms with Crippen LogP contribution in [0.5, 0.6) is 0 Å². The summed E-state index contributed by atoms with van der Waals surface area (Å²) in [5.74, 6) is 0. The molecule has 0 spiro atoms. The molecular formula is C50H84N2Ni. The molecule has 3 heteroatoms. The summed E-state index contributed by atoms with van der Waals surface area (Å²) < 4.78 is 0. The van der Waals surface area contributed by atoms with E-state index in [0.29, 0.717) is 0 Å². The fourth-order valence-electron chi connectivity index (χ4n) is 7.82. The van der Waals surface area contributed by atoms with Gasteiger partial charge in [0.15, 0.2) is 0 Å². The molecule has 0 aliphatic carbocycles. The molecule has 2 aromatic carbocycles. The fourth-order valence-corrected chi connectivity index (χ4v) is 7.82. The Labute approximate surface area is 340 Å². The third-order valence-electron chi connectivity index (χ3n) is 11.3. The van der Waals surface area contributed by atoms with E-state index in [1.807, 2.05) is 0 Å². The number of hydrogen-bond donors (Lipinski definition) is 0. The largest absolute Gasteiger partial charge is 0.252 e. The van der Waals surface area contributed by atoms with Crippen LogP contribution in [-0.4, -0.2) is 11.4 Å². The summed E-state index contributed by atoms with van der Waals surface area (Å²) >= 11 is 0. The predicted octanol–water partition coefficient (Wildman–Crippen LogP) is 17.0. The Balaban J connectivity index is 0.0000140. The number of rotatable bonds is 33. The van der Waals surface area contributed by atoms with Crippen molar-refractivity contribution in [2.75, 3.05) is 0 Å². The predicted molar refractivity (Wildman–Crippen MR) is 236 cm³/mol. The Bertz CT molecular complexity index is 1230. The molecule has 53 heavy (non-hydrogen) atoms. The molecule has 0 heterocycles. The van der Waals surface area contributed by atoms with Crippen LogP contribution >= 0.6 is 0 Å². The first-order valence-electron chi connectivity index (χ1n) is 23.0. The van der Waals surface area contributed by atoms with Crippen LogP contribution in [0, 0.1) is 0 Å². The van der Waals surface area contributed by atoms with Gasteiger partial charge in [-0.05, 0) is 97.9 Å². The maximum atomic E-state index is 5.40. The van der Waals surface area contributed by atoms with E-state index in [4.69, 9.17) is 9.98 Å². The van der Waals surface area contributed by atoms with Crippen LogP contribution in [0.15, 0.2) is 46.4 Å². The van der Waals surface area contributed by atoms with Gasteiger partial charge in [-0.1, -0.05) is 195 Å². The van der Waals surface area contributed by atoms with Crippen LogP contribution in [0.3, 0.4) is 0 Å². The van der Waals surface area contributed by atoms with Crippen molar-refractivity contribution in [1.29, 1.82) is 0 Å². The van der Waals surface area contributed by atoms with E-state index in [2.05, 4.69) is 77.9 Å². The van der Waals surface area contributed by atoms with Gasteiger partial charge in [0.2, 0.25) is 0 Å². The molecule has 0 radical (unpaired) electrons. The molecule has 0 aliphatic heterocycles. The van der Waals surface area contributed by atoms with Crippen molar-refractivity contribution in [2.45, 2.75) is 234 Å². The van der Waals surface area contributed by atoms with Gasteiger partial charge < -0.3 is 0 Å². The quantitative estimate of drug-likeness (QED) is 0.0392. The van der Waals surface area contributed by atoms with E-state index in [9.17, 15) is 0 Å². The first kappa shape index (κ1) is 49.3. The van der Waals surface area contributed by atoms with E-state index in [1.54, 1.807) is 0 Å². The van der Waals surface area contributed by atoms with Gasteiger partial charge in [0, 0.05) is 16.5 Å². The first-order chi connectivity index (χ1) is 25.6. The molecular weight excluding hydrogens is 687 g/mol. The monoisotopic (exact) mass is 771 g/mol. The molecule has 0 saturated heterocycles. The molecule has 0 unspecified atom stereocenters. The van der Waals surface area contributed by atoms with E-state index < -0.39 is 0 Å². The molecule has 2 rings (SSSR count). The maximum absolute atomic E-state index is 5.40.